The highest BCUT2D eigenvalue weighted by molar-refractivity contribution is 7.18. The van der Waals surface area contributed by atoms with Crippen molar-refractivity contribution in [2.45, 2.75) is 38.8 Å². The molecule has 4 rings (SSSR count). The van der Waals surface area contributed by atoms with Crippen LogP contribution < -0.4 is 5.32 Å². The first-order valence-corrected chi connectivity index (χ1v) is 8.06. The van der Waals surface area contributed by atoms with Crippen molar-refractivity contribution in [3.8, 4) is 0 Å². The molecule has 3 nitrogen and oxygen atoms in total. The van der Waals surface area contributed by atoms with Crippen molar-refractivity contribution in [1.29, 1.82) is 0 Å². The Labute approximate surface area is 122 Å². The molecule has 1 N–H and O–H groups in total. The standard InChI is InChI=1S/C14H19ClN2OS/c1-8-7-11(19-13(8)15)14(18)16-12-9(2)17-5-3-10(12)4-6-17/h7,9-10,12H,3-6H2,1-2H3,(H,16,18). The molecule has 4 heterocycles. The molecule has 0 aliphatic carbocycles. The number of halogens is 1. The zero-order chi connectivity index (χ0) is 13.6. The Balaban J connectivity index is 1.72. The maximum absolute atomic E-state index is 12.3. The fourth-order valence-electron chi connectivity index (χ4n) is 3.34. The van der Waals surface area contributed by atoms with E-state index in [1.165, 1.54) is 37.3 Å². The molecule has 0 spiro atoms. The van der Waals surface area contributed by atoms with E-state index in [2.05, 4.69) is 17.1 Å². The Hall–Kier alpha value is -0.580. The van der Waals surface area contributed by atoms with Gasteiger partial charge in [-0.1, -0.05) is 11.6 Å². The summed E-state index contributed by atoms with van der Waals surface area (Å²) in [6, 6.07) is 2.62. The molecule has 3 aliphatic heterocycles. The lowest BCUT2D eigenvalue weighted by Gasteiger charge is -2.49. The summed E-state index contributed by atoms with van der Waals surface area (Å²) in [5, 5.41) is 3.23. The quantitative estimate of drug-likeness (QED) is 0.910. The van der Waals surface area contributed by atoms with Crippen molar-refractivity contribution >= 4 is 28.8 Å². The lowest BCUT2D eigenvalue weighted by molar-refractivity contribution is 0.0218. The van der Waals surface area contributed by atoms with E-state index in [0.717, 1.165) is 10.4 Å². The lowest BCUT2D eigenvalue weighted by Crippen LogP contribution is -2.62. The molecule has 3 saturated heterocycles. The summed E-state index contributed by atoms with van der Waals surface area (Å²) in [4.78, 5) is 15.5. The minimum atomic E-state index is 0.0330. The molecule has 0 saturated carbocycles. The van der Waals surface area contributed by atoms with Gasteiger partial charge in [-0.2, -0.15) is 0 Å². The van der Waals surface area contributed by atoms with Gasteiger partial charge < -0.3 is 5.32 Å². The predicted octanol–water partition coefficient (Wildman–Crippen LogP) is 2.92. The topological polar surface area (TPSA) is 32.3 Å². The Morgan fingerprint density at radius 3 is 2.68 bits per heavy atom. The molecule has 2 atom stereocenters. The number of carbonyl (C=O) groups is 1. The fraction of sp³-hybridized carbons (Fsp3) is 0.643. The van der Waals surface area contributed by atoms with Crippen molar-refractivity contribution in [2.75, 3.05) is 13.1 Å². The van der Waals surface area contributed by atoms with E-state index < -0.39 is 0 Å². The Kier molecular flexibility index (Phi) is 3.58. The summed E-state index contributed by atoms with van der Waals surface area (Å²) >= 11 is 7.41. The number of hydrogen-bond acceptors (Lipinski definition) is 3. The molecule has 5 heteroatoms. The number of thiophene rings is 1. The number of hydrogen-bond donors (Lipinski definition) is 1. The van der Waals surface area contributed by atoms with Gasteiger partial charge in [-0.05, 0) is 57.3 Å². The molecule has 3 aliphatic rings. The SMILES string of the molecule is Cc1cc(C(=O)NC2C3CCN(CC3)C2C)sc1Cl. The second-order valence-corrected chi connectivity index (χ2v) is 7.33. The van der Waals surface area contributed by atoms with Crippen LogP contribution in [-0.2, 0) is 0 Å². The van der Waals surface area contributed by atoms with Crippen molar-refractivity contribution in [3.05, 3.63) is 20.8 Å². The van der Waals surface area contributed by atoms with Gasteiger partial charge in [0.2, 0.25) is 0 Å². The predicted molar refractivity (Wildman–Crippen MR) is 79.1 cm³/mol. The third-order valence-electron chi connectivity index (χ3n) is 4.56. The Morgan fingerprint density at radius 1 is 1.47 bits per heavy atom. The summed E-state index contributed by atoms with van der Waals surface area (Å²) in [6.07, 6.45) is 2.42. The van der Waals surface area contributed by atoms with Crippen LogP contribution in [0.2, 0.25) is 4.34 Å². The normalized spacial score (nSPS) is 33.4. The van der Waals surface area contributed by atoms with E-state index >= 15 is 0 Å². The van der Waals surface area contributed by atoms with Crippen LogP contribution in [-0.4, -0.2) is 36.0 Å². The summed E-state index contributed by atoms with van der Waals surface area (Å²) < 4.78 is 0.715. The summed E-state index contributed by atoms with van der Waals surface area (Å²) in [5.74, 6) is 0.672. The second kappa shape index (κ2) is 5.08. The number of nitrogens with one attached hydrogen (secondary N) is 1. The molecular formula is C14H19ClN2OS. The first-order valence-electron chi connectivity index (χ1n) is 6.87. The smallest absolute Gasteiger partial charge is 0.261 e. The van der Waals surface area contributed by atoms with Gasteiger partial charge in [0, 0.05) is 12.1 Å². The highest BCUT2D eigenvalue weighted by atomic mass is 35.5. The molecule has 0 aromatic carbocycles. The van der Waals surface area contributed by atoms with Crippen LogP contribution in [0.25, 0.3) is 0 Å². The molecular weight excluding hydrogens is 280 g/mol. The van der Waals surface area contributed by atoms with Gasteiger partial charge in [-0.3, -0.25) is 9.69 Å². The number of piperidine rings is 3. The van der Waals surface area contributed by atoms with Crippen LogP contribution in [0, 0.1) is 12.8 Å². The number of amides is 1. The number of fused-ring (bicyclic) bond motifs is 3. The van der Waals surface area contributed by atoms with E-state index in [1.807, 2.05) is 13.0 Å². The van der Waals surface area contributed by atoms with Crippen molar-refractivity contribution in [1.82, 2.24) is 10.2 Å². The number of nitrogens with zero attached hydrogens (tertiary/aromatic N) is 1. The van der Waals surface area contributed by atoms with Gasteiger partial charge in [0.25, 0.3) is 5.91 Å². The largest absolute Gasteiger partial charge is 0.347 e. The molecule has 2 bridgehead atoms. The fourth-order valence-corrected chi connectivity index (χ4v) is 4.44. The van der Waals surface area contributed by atoms with Gasteiger partial charge in [0.15, 0.2) is 0 Å². The van der Waals surface area contributed by atoms with Gasteiger partial charge in [0.1, 0.15) is 0 Å². The van der Waals surface area contributed by atoms with E-state index in [-0.39, 0.29) is 11.9 Å². The Morgan fingerprint density at radius 2 is 2.16 bits per heavy atom. The zero-order valence-corrected chi connectivity index (χ0v) is 12.9. The first-order chi connectivity index (χ1) is 9.06. The lowest BCUT2D eigenvalue weighted by atomic mass is 9.79. The van der Waals surface area contributed by atoms with Crippen LogP contribution in [0.1, 0.15) is 35.0 Å². The van der Waals surface area contributed by atoms with Gasteiger partial charge in [-0.15, -0.1) is 11.3 Å². The van der Waals surface area contributed by atoms with Crippen LogP contribution in [0.4, 0.5) is 0 Å². The van der Waals surface area contributed by atoms with Crippen LogP contribution in [0.15, 0.2) is 6.07 Å². The number of carbonyl (C=O) groups excluding carboxylic acids is 1. The third-order valence-corrected chi connectivity index (χ3v) is 6.11. The number of aryl methyl sites for hydroxylation is 1. The van der Waals surface area contributed by atoms with Crippen LogP contribution >= 0.6 is 22.9 Å². The first kappa shape index (κ1) is 13.4. The number of rotatable bonds is 2. The van der Waals surface area contributed by atoms with E-state index in [9.17, 15) is 4.79 Å². The van der Waals surface area contributed by atoms with E-state index in [1.54, 1.807) is 0 Å². The van der Waals surface area contributed by atoms with Gasteiger partial charge >= 0.3 is 0 Å². The summed E-state index contributed by atoms with van der Waals surface area (Å²) in [6.45, 7) is 6.53. The van der Waals surface area contributed by atoms with E-state index in [4.69, 9.17) is 11.6 Å². The summed E-state index contributed by atoms with van der Waals surface area (Å²) in [7, 11) is 0. The summed E-state index contributed by atoms with van der Waals surface area (Å²) in [5.41, 5.74) is 0.985. The molecule has 1 amide bonds. The highest BCUT2D eigenvalue weighted by Crippen LogP contribution is 2.33. The monoisotopic (exact) mass is 298 g/mol. The maximum Gasteiger partial charge on any atom is 0.261 e. The second-order valence-electron chi connectivity index (χ2n) is 5.68. The van der Waals surface area contributed by atoms with Crippen molar-refractivity contribution < 1.29 is 4.79 Å². The maximum atomic E-state index is 12.3. The average Bonchev–Trinajstić information content (AvgIpc) is 2.74. The zero-order valence-electron chi connectivity index (χ0n) is 11.3. The van der Waals surface area contributed by atoms with Crippen molar-refractivity contribution in [2.24, 2.45) is 5.92 Å². The molecule has 1 aromatic rings. The molecule has 0 radical (unpaired) electrons. The molecule has 19 heavy (non-hydrogen) atoms. The van der Waals surface area contributed by atoms with Crippen LogP contribution in [0.3, 0.4) is 0 Å². The third kappa shape index (κ3) is 2.41. The molecule has 1 aromatic heterocycles. The molecule has 2 unspecified atom stereocenters. The van der Waals surface area contributed by atoms with E-state index in [0.29, 0.717) is 16.3 Å². The van der Waals surface area contributed by atoms with Crippen molar-refractivity contribution in [3.63, 3.8) is 0 Å². The minimum Gasteiger partial charge on any atom is -0.347 e. The van der Waals surface area contributed by atoms with Gasteiger partial charge in [0.05, 0.1) is 9.21 Å². The molecule has 3 fully saturated rings. The van der Waals surface area contributed by atoms with Gasteiger partial charge in [-0.25, -0.2) is 0 Å². The average molecular weight is 299 g/mol. The van der Waals surface area contributed by atoms with Crippen LogP contribution in [0.5, 0.6) is 0 Å². The highest BCUT2D eigenvalue weighted by Gasteiger charge is 2.40. The minimum absolute atomic E-state index is 0.0330. The molecule has 104 valence electrons. The Bertz CT molecular complexity index is 472.